The van der Waals surface area contributed by atoms with E-state index in [2.05, 4.69) is 0 Å². The third-order valence-corrected chi connectivity index (χ3v) is 3.72. The Morgan fingerprint density at radius 3 is 2.00 bits per heavy atom. The van der Waals surface area contributed by atoms with E-state index < -0.39 is 15.4 Å². The van der Waals surface area contributed by atoms with E-state index in [0.29, 0.717) is 19.4 Å². The Kier molecular flexibility index (Phi) is 6.18. The fraction of sp³-hybridized carbons (Fsp3) is 0.909. The van der Waals surface area contributed by atoms with E-state index in [4.69, 9.17) is 4.74 Å². The topological polar surface area (TPSA) is 60.4 Å². The molecule has 0 rings (SSSR count). The summed E-state index contributed by atoms with van der Waals surface area (Å²) >= 11 is 0. The van der Waals surface area contributed by atoms with Crippen LogP contribution in [-0.2, 0) is 19.4 Å². The van der Waals surface area contributed by atoms with Crippen LogP contribution in [-0.4, -0.2) is 38.4 Å². The number of ether oxygens (including phenoxy) is 1. The minimum Gasteiger partial charge on any atom is -0.368 e. The number of Topliss-reactive ketones (excluding diaryl/α,β-unsaturated/α-hetero) is 1. The lowest BCUT2D eigenvalue weighted by molar-refractivity contribution is -0.145. The second-order valence-electron chi connectivity index (χ2n) is 3.94. The highest BCUT2D eigenvalue weighted by Crippen LogP contribution is 2.23. The van der Waals surface area contributed by atoms with Crippen LogP contribution in [0.5, 0.6) is 0 Å². The van der Waals surface area contributed by atoms with E-state index in [1.165, 1.54) is 0 Å². The smallest absolute Gasteiger partial charge is 0.165 e. The molecule has 5 heteroatoms. The summed E-state index contributed by atoms with van der Waals surface area (Å²) < 4.78 is 27.5. The lowest BCUT2D eigenvalue weighted by atomic mass is 9.90. The first-order valence-electron chi connectivity index (χ1n) is 5.66. The van der Waals surface area contributed by atoms with Crippen LogP contribution in [0.4, 0.5) is 0 Å². The Labute approximate surface area is 98.3 Å². The minimum absolute atomic E-state index is 0.0422. The molecule has 0 atom stereocenters. The third kappa shape index (κ3) is 4.61. The van der Waals surface area contributed by atoms with Gasteiger partial charge < -0.3 is 4.74 Å². The number of ketones is 1. The summed E-state index contributed by atoms with van der Waals surface area (Å²) in [5.41, 5.74) is -0.792. The van der Waals surface area contributed by atoms with Gasteiger partial charge in [0.15, 0.2) is 5.78 Å². The van der Waals surface area contributed by atoms with Crippen LogP contribution in [0.15, 0.2) is 0 Å². The first-order valence-corrected chi connectivity index (χ1v) is 7.72. The lowest BCUT2D eigenvalue weighted by Crippen LogP contribution is -2.41. The Bertz CT molecular complexity index is 315. The molecule has 0 heterocycles. The van der Waals surface area contributed by atoms with Gasteiger partial charge in [-0.2, -0.15) is 0 Å². The molecule has 0 N–H and O–H groups in total. The highest BCUT2D eigenvalue weighted by Gasteiger charge is 2.35. The zero-order valence-corrected chi connectivity index (χ0v) is 11.4. The summed E-state index contributed by atoms with van der Waals surface area (Å²) in [7, 11) is -3.09. The molecule has 0 bridgehead atoms. The molecule has 0 aliphatic rings. The molecule has 0 saturated carbocycles. The number of hydrogen-bond donors (Lipinski definition) is 0. The quantitative estimate of drug-likeness (QED) is 0.656. The Balaban J connectivity index is 4.62. The third-order valence-electron chi connectivity index (χ3n) is 2.77. The summed E-state index contributed by atoms with van der Waals surface area (Å²) in [6, 6.07) is 0. The molecular formula is C11H22O4S. The molecule has 0 aromatic heterocycles. The van der Waals surface area contributed by atoms with E-state index >= 15 is 0 Å². The average Bonchev–Trinajstić information content (AvgIpc) is 2.21. The maximum absolute atomic E-state index is 12.0. The minimum atomic E-state index is -3.09. The van der Waals surface area contributed by atoms with Gasteiger partial charge in [-0.25, -0.2) is 8.42 Å². The summed E-state index contributed by atoms with van der Waals surface area (Å²) in [5, 5.41) is 0. The van der Waals surface area contributed by atoms with Gasteiger partial charge in [-0.1, -0.05) is 13.8 Å². The van der Waals surface area contributed by atoms with E-state index in [9.17, 15) is 13.2 Å². The van der Waals surface area contributed by atoms with Gasteiger partial charge in [0.05, 0.1) is 5.75 Å². The molecule has 0 aliphatic heterocycles. The predicted molar refractivity (Wildman–Crippen MR) is 64.3 cm³/mol. The van der Waals surface area contributed by atoms with Gasteiger partial charge >= 0.3 is 0 Å². The lowest BCUT2D eigenvalue weighted by Gasteiger charge is -2.29. The molecule has 96 valence electrons. The fourth-order valence-corrected chi connectivity index (χ4v) is 2.27. The zero-order chi connectivity index (χ0) is 12.8. The Morgan fingerprint density at radius 1 is 1.19 bits per heavy atom. The Morgan fingerprint density at radius 2 is 1.69 bits per heavy atom. The van der Waals surface area contributed by atoms with Crippen molar-refractivity contribution in [2.75, 3.05) is 18.6 Å². The van der Waals surface area contributed by atoms with Crippen molar-refractivity contribution in [3.63, 3.8) is 0 Å². The van der Waals surface area contributed by atoms with Crippen LogP contribution in [0.3, 0.4) is 0 Å². The van der Waals surface area contributed by atoms with Crippen LogP contribution in [0.1, 0.15) is 40.0 Å². The van der Waals surface area contributed by atoms with Crippen LogP contribution < -0.4 is 0 Å². The van der Waals surface area contributed by atoms with Gasteiger partial charge in [0.2, 0.25) is 0 Å². The van der Waals surface area contributed by atoms with E-state index in [1.807, 2.05) is 20.8 Å². The van der Waals surface area contributed by atoms with Crippen LogP contribution >= 0.6 is 0 Å². The number of hydrogen-bond acceptors (Lipinski definition) is 4. The SMILES string of the molecule is CCOC(CC)(CC)C(=O)CCS(C)(=O)=O. The summed E-state index contributed by atoms with van der Waals surface area (Å²) in [5.74, 6) is -0.203. The number of sulfone groups is 1. The second-order valence-corrected chi connectivity index (χ2v) is 6.20. The summed E-state index contributed by atoms with van der Waals surface area (Å²) in [4.78, 5) is 12.0. The first kappa shape index (κ1) is 15.6. The average molecular weight is 250 g/mol. The molecule has 0 unspecified atom stereocenters. The van der Waals surface area contributed by atoms with Crippen LogP contribution in [0.2, 0.25) is 0 Å². The first-order chi connectivity index (χ1) is 7.31. The molecule has 4 nitrogen and oxygen atoms in total. The molecule has 0 spiro atoms. The number of carbonyl (C=O) groups is 1. The maximum atomic E-state index is 12.0. The van der Waals surface area contributed by atoms with Gasteiger partial charge in [0.1, 0.15) is 15.4 Å². The van der Waals surface area contributed by atoms with Crippen molar-refractivity contribution in [2.45, 2.75) is 45.6 Å². The van der Waals surface area contributed by atoms with Gasteiger partial charge in [-0.3, -0.25) is 4.79 Å². The number of rotatable bonds is 8. The molecule has 0 aromatic rings. The maximum Gasteiger partial charge on any atom is 0.165 e. The molecule has 0 aromatic carbocycles. The standard InChI is InChI=1S/C11H22O4S/c1-5-11(6-2,15-7-3)10(12)8-9-16(4,13)14/h5-9H2,1-4H3. The number of carbonyl (C=O) groups excluding carboxylic acids is 1. The molecule has 16 heavy (non-hydrogen) atoms. The summed E-state index contributed by atoms with van der Waals surface area (Å²) in [6.07, 6.45) is 2.35. The van der Waals surface area contributed by atoms with Crippen molar-refractivity contribution in [3.8, 4) is 0 Å². The molecule has 0 amide bonds. The fourth-order valence-electron chi connectivity index (χ4n) is 1.71. The van der Waals surface area contributed by atoms with Gasteiger partial charge in [-0.15, -0.1) is 0 Å². The monoisotopic (exact) mass is 250 g/mol. The van der Waals surface area contributed by atoms with Crippen molar-refractivity contribution in [1.82, 2.24) is 0 Å². The second kappa shape index (κ2) is 6.35. The molecular weight excluding hydrogens is 228 g/mol. The van der Waals surface area contributed by atoms with Crippen LogP contribution in [0, 0.1) is 0 Å². The van der Waals surface area contributed by atoms with E-state index in [1.54, 1.807) is 0 Å². The van der Waals surface area contributed by atoms with Crippen molar-refractivity contribution in [1.29, 1.82) is 0 Å². The van der Waals surface area contributed by atoms with Gasteiger partial charge in [-0.05, 0) is 19.8 Å². The molecule has 0 fully saturated rings. The van der Waals surface area contributed by atoms with Crippen molar-refractivity contribution < 1.29 is 17.9 Å². The van der Waals surface area contributed by atoms with E-state index in [0.717, 1.165) is 6.26 Å². The summed E-state index contributed by atoms with van der Waals surface area (Å²) in [6.45, 7) is 6.07. The highest BCUT2D eigenvalue weighted by atomic mass is 32.2. The van der Waals surface area contributed by atoms with Crippen molar-refractivity contribution in [3.05, 3.63) is 0 Å². The van der Waals surface area contributed by atoms with Gasteiger partial charge in [0.25, 0.3) is 0 Å². The molecule has 0 radical (unpaired) electrons. The zero-order valence-electron chi connectivity index (χ0n) is 10.6. The van der Waals surface area contributed by atoms with Gasteiger partial charge in [0, 0.05) is 19.3 Å². The van der Waals surface area contributed by atoms with Crippen molar-refractivity contribution >= 4 is 15.6 Å². The normalized spacial score (nSPS) is 12.8. The predicted octanol–water partition coefficient (Wildman–Crippen LogP) is 1.59. The highest BCUT2D eigenvalue weighted by molar-refractivity contribution is 7.90. The largest absolute Gasteiger partial charge is 0.368 e. The van der Waals surface area contributed by atoms with E-state index in [-0.39, 0.29) is 18.0 Å². The van der Waals surface area contributed by atoms with Crippen molar-refractivity contribution in [2.24, 2.45) is 0 Å². The molecule has 0 saturated heterocycles. The van der Waals surface area contributed by atoms with Crippen LogP contribution in [0.25, 0.3) is 0 Å². The molecule has 0 aliphatic carbocycles. The Hall–Kier alpha value is -0.420.